The third-order valence-electron chi connectivity index (χ3n) is 2.84. The minimum Gasteiger partial charge on any atom is -0.373 e. The summed E-state index contributed by atoms with van der Waals surface area (Å²) in [5.41, 5.74) is 5.56. The molecule has 0 radical (unpaired) electrons. The highest BCUT2D eigenvalue weighted by Crippen LogP contribution is 2.27. The van der Waals surface area contributed by atoms with Crippen molar-refractivity contribution in [2.24, 2.45) is 12.8 Å². The summed E-state index contributed by atoms with van der Waals surface area (Å²) in [6, 6.07) is 0. The van der Waals surface area contributed by atoms with E-state index in [1.807, 2.05) is 7.05 Å². The summed E-state index contributed by atoms with van der Waals surface area (Å²) in [6.45, 7) is 1.37. The van der Waals surface area contributed by atoms with Crippen molar-refractivity contribution >= 4 is 0 Å². The van der Waals surface area contributed by atoms with E-state index in [-0.39, 0.29) is 5.60 Å². The van der Waals surface area contributed by atoms with Gasteiger partial charge in [-0.1, -0.05) is 0 Å². The fraction of sp³-hybridized carbons (Fsp3) is 0.778. The molecule has 1 fully saturated rings. The Morgan fingerprint density at radius 3 is 3.07 bits per heavy atom. The lowest BCUT2D eigenvalue weighted by Crippen LogP contribution is -2.40. The highest BCUT2D eigenvalue weighted by Gasteiger charge is 2.35. The molecular weight excluding hydrogens is 180 g/mol. The molecule has 1 saturated heterocycles. The van der Waals surface area contributed by atoms with E-state index in [0.29, 0.717) is 6.54 Å². The zero-order valence-electron chi connectivity index (χ0n) is 8.44. The van der Waals surface area contributed by atoms with Crippen molar-refractivity contribution in [1.82, 2.24) is 14.8 Å². The van der Waals surface area contributed by atoms with Crippen LogP contribution < -0.4 is 5.73 Å². The smallest absolute Gasteiger partial charge is 0.138 e. The molecule has 1 aromatic rings. The van der Waals surface area contributed by atoms with Gasteiger partial charge in [0.25, 0.3) is 0 Å². The van der Waals surface area contributed by atoms with Gasteiger partial charge in [-0.3, -0.25) is 4.68 Å². The highest BCUT2D eigenvalue weighted by atomic mass is 16.5. The Bertz CT molecular complexity index is 304. The molecule has 2 heterocycles. The molecule has 1 aliphatic heterocycles. The molecule has 0 spiro atoms. The first kappa shape index (κ1) is 9.61. The van der Waals surface area contributed by atoms with E-state index in [9.17, 15) is 0 Å². The van der Waals surface area contributed by atoms with E-state index in [1.54, 1.807) is 11.0 Å². The second-order valence-electron chi connectivity index (χ2n) is 3.82. The maximum Gasteiger partial charge on any atom is 0.138 e. The number of rotatable bonds is 3. The highest BCUT2D eigenvalue weighted by molar-refractivity contribution is 4.97. The molecule has 0 saturated carbocycles. The average molecular weight is 196 g/mol. The zero-order valence-corrected chi connectivity index (χ0v) is 8.44. The number of hydrogen-bond acceptors (Lipinski definition) is 4. The third kappa shape index (κ3) is 1.65. The summed E-state index contributed by atoms with van der Waals surface area (Å²) < 4.78 is 7.49. The molecule has 1 unspecified atom stereocenters. The molecule has 0 aromatic carbocycles. The fourth-order valence-corrected chi connectivity index (χ4v) is 1.90. The van der Waals surface area contributed by atoms with Crippen molar-refractivity contribution in [1.29, 1.82) is 0 Å². The monoisotopic (exact) mass is 196 g/mol. The van der Waals surface area contributed by atoms with E-state index in [1.165, 1.54) is 0 Å². The van der Waals surface area contributed by atoms with Gasteiger partial charge >= 0.3 is 0 Å². The molecule has 1 aromatic heterocycles. The Hall–Kier alpha value is -0.940. The lowest BCUT2D eigenvalue weighted by molar-refractivity contribution is 0.0100. The predicted molar refractivity (Wildman–Crippen MR) is 51.7 cm³/mol. The summed E-state index contributed by atoms with van der Waals surface area (Å²) in [6.07, 6.45) is 4.44. The van der Waals surface area contributed by atoms with Crippen molar-refractivity contribution < 1.29 is 4.74 Å². The molecular formula is C9H16N4O. The van der Waals surface area contributed by atoms with E-state index in [0.717, 1.165) is 31.7 Å². The van der Waals surface area contributed by atoms with Crippen molar-refractivity contribution in [2.75, 3.05) is 13.2 Å². The van der Waals surface area contributed by atoms with E-state index in [2.05, 4.69) is 10.1 Å². The van der Waals surface area contributed by atoms with Gasteiger partial charge in [0.15, 0.2) is 0 Å². The first-order valence-corrected chi connectivity index (χ1v) is 4.93. The molecule has 2 rings (SSSR count). The second kappa shape index (κ2) is 3.67. The topological polar surface area (TPSA) is 66.0 Å². The molecule has 5 nitrogen and oxygen atoms in total. The minimum atomic E-state index is -0.194. The Morgan fingerprint density at radius 2 is 2.57 bits per heavy atom. The van der Waals surface area contributed by atoms with Crippen LogP contribution in [0.3, 0.4) is 0 Å². The Labute approximate surface area is 83.3 Å². The van der Waals surface area contributed by atoms with Gasteiger partial charge < -0.3 is 10.5 Å². The summed E-state index contributed by atoms with van der Waals surface area (Å²) in [4.78, 5) is 4.19. The molecule has 14 heavy (non-hydrogen) atoms. The van der Waals surface area contributed by atoms with Gasteiger partial charge in [0.2, 0.25) is 0 Å². The minimum absolute atomic E-state index is 0.194. The molecule has 0 bridgehead atoms. The molecule has 1 aliphatic rings. The predicted octanol–water partition coefficient (Wildman–Crippen LogP) is -0.135. The number of aromatic nitrogens is 3. The summed E-state index contributed by atoms with van der Waals surface area (Å²) in [5.74, 6) is 0.942. The van der Waals surface area contributed by atoms with E-state index < -0.39 is 0 Å². The Kier molecular flexibility index (Phi) is 2.52. The average Bonchev–Trinajstić information content (AvgIpc) is 2.79. The van der Waals surface area contributed by atoms with Crippen LogP contribution in [0.2, 0.25) is 0 Å². The van der Waals surface area contributed by atoms with Gasteiger partial charge in [0.05, 0.1) is 5.60 Å². The standard InChI is InChI=1S/C9H16N4O/c1-13-8(11-7-12-13)5-9(6-10)3-2-4-14-9/h7H,2-6,10H2,1H3. The quantitative estimate of drug-likeness (QED) is 0.731. The summed E-state index contributed by atoms with van der Waals surface area (Å²) in [5, 5.41) is 4.03. The van der Waals surface area contributed by atoms with Gasteiger partial charge in [-0.05, 0) is 12.8 Å². The summed E-state index contributed by atoms with van der Waals surface area (Å²) in [7, 11) is 1.89. The number of aryl methyl sites for hydroxylation is 1. The fourth-order valence-electron chi connectivity index (χ4n) is 1.90. The van der Waals surface area contributed by atoms with Crippen LogP contribution in [-0.2, 0) is 18.2 Å². The first-order valence-electron chi connectivity index (χ1n) is 4.93. The van der Waals surface area contributed by atoms with Crippen LogP contribution in [-0.4, -0.2) is 33.5 Å². The Morgan fingerprint density at radius 1 is 1.71 bits per heavy atom. The molecule has 1 atom stereocenters. The molecule has 78 valence electrons. The molecule has 0 aliphatic carbocycles. The van der Waals surface area contributed by atoms with Crippen molar-refractivity contribution in [2.45, 2.75) is 24.9 Å². The van der Waals surface area contributed by atoms with Gasteiger partial charge in [-0.25, -0.2) is 4.98 Å². The number of ether oxygens (including phenoxy) is 1. The molecule has 0 amide bonds. The second-order valence-corrected chi connectivity index (χ2v) is 3.82. The van der Waals surface area contributed by atoms with E-state index in [4.69, 9.17) is 10.5 Å². The molecule has 5 heteroatoms. The van der Waals surface area contributed by atoms with Gasteiger partial charge in [0.1, 0.15) is 12.2 Å². The third-order valence-corrected chi connectivity index (χ3v) is 2.84. The van der Waals surface area contributed by atoms with Crippen LogP contribution in [0.25, 0.3) is 0 Å². The number of nitrogens with zero attached hydrogens (tertiary/aromatic N) is 3. The van der Waals surface area contributed by atoms with Crippen LogP contribution in [0.5, 0.6) is 0 Å². The number of nitrogens with two attached hydrogens (primary N) is 1. The normalized spacial score (nSPS) is 27.0. The zero-order chi connectivity index (χ0) is 10.0. The van der Waals surface area contributed by atoms with Gasteiger partial charge in [0, 0.05) is 26.6 Å². The van der Waals surface area contributed by atoms with Crippen LogP contribution in [0.4, 0.5) is 0 Å². The van der Waals surface area contributed by atoms with Crippen molar-refractivity contribution in [3.05, 3.63) is 12.2 Å². The first-order chi connectivity index (χ1) is 6.76. The Balaban J connectivity index is 2.12. The van der Waals surface area contributed by atoms with Crippen molar-refractivity contribution in [3.8, 4) is 0 Å². The largest absolute Gasteiger partial charge is 0.373 e. The van der Waals surface area contributed by atoms with Gasteiger partial charge in [-0.15, -0.1) is 0 Å². The maximum atomic E-state index is 5.75. The van der Waals surface area contributed by atoms with Crippen LogP contribution in [0.1, 0.15) is 18.7 Å². The van der Waals surface area contributed by atoms with Gasteiger partial charge in [-0.2, -0.15) is 5.10 Å². The lowest BCUT2D eigenvalue weighted by Gasteiger charge is -2.25. The maximum absolute atomic E-state index is 5.75. The van der Waals surface area contributed by atoms with Crippen LogP contribution in [0.15, 0.2) is 6.33 Å². The van der Waals surface area contributed by atoms with Crippen molar-refractivity contribution in [3.63, 3.8) is 0 Å². The SMILES string of the molecule is Cn1ncnc1CC1(CN)CCCO1. The summed E-state index contributed by atoms with van der Waals surface area (Å²) >= 11 is 0. The van der Waals surface area contributed by atoms with Crippen LogP contribution >= 0.6 is 0 Å². The molecule has 2 N–H and O–H groups in total. The lowest BCUT2D eigenvalue weighted by atomic mass is 9.96. The van der Waals surface area contributed by atoms with Crippen LogP contribution in [0, 0.1) is 0 Å². The number of hydrogen-bond donors (Lipinski definition) is 1. The van der Waals surface area contributed by atoms with E-state index >= 15 is 0 Å².